The van der Waals surface area contributed by atoms with Gasteiger partial charge in [0, 0.05) is 29.2 Å². The molecule has 0 bridgehead atoms. The molecule has 0 unspecified atom stereocenters. The number of nitrogens with one attached hydrogen (secondary N) is 1. The second-order valence-electron chi connectivity index (χ2n) is 6.21. The number of anilines is 1. The Bertz CT molecular complexity index is 1180. The van der Waals surface area contributed by atoms with Gasteiger partial charge in [-0.3, -0.25) is 24.3 Å². The summed E-state index contributed by atoms with van der Waals surface area (Å²) < 4.78 is 1.50. The van der Waals surface area contributed by atoms with Crippen LogP contribution in [0, 0.1) is 24.0 Å². The van der Waals surface area contributed by atoms with E-state index in [2.05, 4.69) is 16.9 Å². The third-order valence-corrected chi connectivity index (χ3v) is 6.32. The van der Waals surface area contributed by atoms with E-state index in [1.54, 1.807) is 12.1 Å². The van der Waals surface area contributed by atoms with Gasteiger partial charge in [0.25, 0.3) is 11.2 Å². The first-order chi connectivity index (χ1) is 13.8. The third kappa shape index (κ3) is 4.38. The molecule has 2 aromatic heterocycles. The van der Waals surface area contributed by atoms with Crippen molar-refractivity contribution in [1.29, 1.82) is 0 Å². The average Bonchev–Trinajstić information content (AvgIpc) is 2.97. The molecule has 150 valence electrons. The summed E-state index contributed by atoms with van der Waals surface area (Å²) in [6.45, 7) is 7.81. The summed E-state index contributed by atoms with van der Waals surface area (Å²) in [5.41, 5.74) is 0.991. The van der Waals surface area contributed by atoms with E-state index in [4.69, 9.17) is 0 Å². The Hall–Kier alpha value is -2.98. The summed E-state index contributed by atoms with van der Waals surface area (Å²) in [6.07, 6.45) is 1.61. The van der Waals surface area contributed by atoms with Gasteiger partial charge in [0.1, 0.15) is 4.83 Å². The Balaban J connectivity index is 1.82. The number of rotatable bonds is 7. The fourth-order valence-corrected chi connectivity index (χ4v) is 4.61. The number of nitro groups is 1. The number of benzene rings is 1. The minimum Gasteiger partial charge on any atom is -0.325 e. The van der Waals surface area contributed by atoms with Gasteiger partial charge in [0.05, 0.1) is 16.1 Å². The number of hydrogen-bond donors (Lipinski definition) is 1. The van der Waals surface area contributed by atoms with E-state index in [9.17, 15) is 19.7 Å². The molecule has 2 heterocycles. The number of aromatic nitrogens is 2. The van der Waals surface area contributed by atoms with Crippen LogP contribution < -0.4 is 10.9 Å². The number of nitro benzene ring substituents is 1. The second-order valence-corrected chi connectivity index (χ2v) is 8.35. The van der Waals surface area contributed by atoms with Crippen molar-refractivity contribution in [3.05, 3.63) is 67.8 Å². The smallest absolute Gasteiger partial charge is 0.271 e. The molecule has 1 aromatic carbocycles. The second kappa shape index (κ2) is 8.58. The minimum atomic E-state index is -0.525. The van der Waals surface area contributed by atoms with Gasteiger partial charge in [-0.2, -0.15) is 0 Å². The van der Waals surface area contributed by atoms with Crippen LogP contribution >= 0.6 is 23.1 Å². The lowest BCUT2D eigenvalue weighted by Gasteiger charge is -2.10. The highest BCUT2D eigenvalue weighted by molar-refractivity contribution is 7.99. The molecule has 3 aromatic rings. The van der Waals surface area contributed by atoms with Crippen molar-refractivity contribution in [3.63, 3.8) is 0 Å². The van der Waals surface area contributed by atoms with Crippen LogP contribution in [-0.4, -0.2) is 26.1 Å². The monoisotopic (exact) mass is 430 g/mol. The zero-order valence-corrected chi connectivity index (χ0v) is 17.4. The van der Waals surface area contributed by atoms with E-state index in [1.807, 2.05) is 13.8 Å². The van der Waals surface area contributed by atoms with E-state index < -0.39 is 4.92 Å². The molecule has 0 aliphatic carbocycles. The molecular formula is C19H18N4O4S2. The zero-order valence-electron chi connectivity index (χ0n) is 15.8. The summed E-state index contributed by atoms with van der Waals surface area (Å²) in [5.74, 6) is -0.352. The zero-order chi connectivity index (χ0) is 21.1. The Morgan fingerprint density at radius 2 is 2.21 bits per heavy atom. The average molecular weight is 431 g/mol. The maximum Gasteiger partial charge on any atom is 0.271 e. The summed E-state index contributed by atoms with van der Waals surface area (Å²) in [6, 6.07) is 5.71. The van der Waals surface area contributed by atoms with Gasteiger partial charge in [0.2, 0.25) is 5.91 Å². The van der Waals surface area contributed by atoms with Crippen LogP contribution in [0.25, 0.3) is 10.2 Å². The standard InChI is InChI=1S/C19H18N4O4S2/c1-4-8-22-18(25)16-11(2)12(3)29-17(16)21-19(22)28-10-15(24)20-13-6-5-7-14(9-13)23(26)27/h4-7,9H,1,8,10H2,2-3H3,(H,20,24). The first-order valence-corrected chi connectivity index (χ1v) is 10.4. The largest absolute Gasteiger partial charge is 0.325 e. The van der Waals surface area contributed by atoms with Crippen molar-refractivity contribution >= 4 is 50.6 Å². The van der Waals surface area contributed by atoms with Gasteiger partial charge in [-0.15, -0.1) is 17.9 Å². The topological polar surface area (TPSA) is 107 Å². The van der Waals surface area contributed by atoms with E-state index in [0.717, 1.165) is 22.2 Å². The molecular weight excluding hydrogens is 412 g/mol. The molecule has 0 saturated carbocycles. The predicted molar refractivity (Wildman–Crippen MR) is 116 cm³/mol. The van der Waals surface area contributed by atoms with Gasteiger partial charge in [-0.1, -0.05) is 23.9 Å². The molecule has 8 nitrogen and oxygen atoms in total. The van der Waals surface area contributed by atoms with E-state index >= 15 is 0 Å². The summed E-state index contributed by atoms with van der Waals surface area (Å²) >= 11 is 2.58. The van der Waals surface area contributed by atoms with Crippen LogP contribution in [-0.2, 0) is 11.3 Å². The van der Waals surface area contributed by atoms with Gasteiger partial charge >= 0.3 is 0 Å². The number of fused-ring (bicyclic) bond motifs is 1. The van der Waals surface area contributed by atoms with Crippen molar-refractivity contribution in [2.45, 2.75) is 25.5 Å². The SMILES string of the molecule is C=CCn1c(SCC(=O)Nc2cccc([N+](=O)[O-])c2)nc2sc(C)c(C)c2c1=O. The molecule has 1 amide bonds. The van der Waals surface area contributed by atoms with Crippen molar-refractivity contribution in [3.8, 4) is 0 Å². The van der Waals surface area contributed by atoms with Crippen LogP contribution in [0.1, 0.15) is 10.4 Å². The van der Waals surface area contributed by atoms with Crippen LogP contribution in [0.5, 0.6) is 0 Å². The number of non-ortho nitro benzene ring substituents is 1. The maximum absolute atomic E-state index is 12.9. The van der Waals surface area contributed by atoms with E-state index in [0.29, 0.717) is 21.1 Å². The first-order valence-electron chi connectivity index (χ1n) is 8.60. The molecule has 0 aliphatic rings. The van der Waals surface area contributed by atoms with Crippen molar-refractivity contribution in [2.24, 2.45) is 0 Å². The maximum atomic E-state index is 12.9. The summed E-state index contributed by atoms with van der Waals surface area (Å²) in [7, 11) is 0. The third-order valence-electron chi connectivity index (χ3n) is 4.24. The number of nitrogens with zero attached hydrogens (tertiary/aromatic N) is 3. The van der Waals surface area contributed by atoms with Crippen LogP contribution in [0.4, 0.5) is 11.4 Å². The summed E-state index contributed by atoms with van der Waals surface area (Å²) in [5, 5.41) is 14.5. The highest BCUT2D eigenvalue weighted by atomic mass is 32.2. The lowest BCUT2D eigenvalue weighted by molar-refractivity contribution is -0.384. The molecule has 29 heavy (non-hydrogen) atoms. The Morgan fingerprint density at radius 3 is 2.90 bits per heavy atom. The van der Waals surface area contributed by atoms with Crippen molar-refractivity contribution in [2.75, 3.05) is 11.1 Å². The lowest BCUT2D eigenvalue weighted by atomic mass is 10.2. The van der Waals surface area contributed by atoms with Gasteiger partial charge in [-0.05, 0) is 25.5 Å². The van der Waals surface area contributed by atoms with E-state index in [-0.39, 0.29) is 29.5 Å². The van der Waals surface area contributed by atoms with Crippen LogP contribution in [0.3, 0.4) is 0 Å². The van der Waals surface area contributed by atoms with Crippen LogP contribution in [0.2, 0.25) is 0 Å². The quantitative estimate of drug-likeness (QED) is 0.200. The van der Waals surface area contributed by atoms with Gasteiger partial charge in [-0.25, -0.2) is 4.98 Å². The van der Waals surface area contributed by atoms with Gasteiger partial charge in [0.15, 0.2) is 5.16 Å². The molecule has 3 rings (SSSR count). The molecule has 1 N–H and O–H groups in total. The number of carbonyl (C=O) groups excluding carboxylic acids is 1. The number of aryl methyl sites for hydroxylation is 2. The number of thioether (sulfide) groups is 1. The predicted octanol–water partition coefficient (Wildman–Crippen LogP) is 3.90. The van der Waals surface area contributed by atoms with Crippen LogP contribution in [0.15, 0.2) is 46.9 Å². The Morgan fingerprint density at radius 1 is 1.45 bits per heavy atom. The molecule has 10 heteroatoms. The number of hydrogen-bond acceptors (Lipinski definition) is 7. The minimum absolute atomic E-state index is 0.00111. The lowest BCUT2D eigenvalue weighted by Crippen LogP contribution is -2.23. The molecule has 0 spiro atoms. The molecule has 0 atom stereocenters. The fourth-order valence-electron chi connectivity index (χ4n) is 2.73. The highest BCUT2D eigenvalue weighted by Gasteiger charge is 2.17. The van der Waals surface area contributed by atoms with Crippen molar-refractivity contribution in [1.82, 2.24) is 9.55 Å². The first kappa shape index (κ1) is 20.7. The number of thiophene rings is 1. The summed E-state index contributed by atoms with van der Waals surface area (Å²) in [4.78, 5) is 41.8. The number of carbonyl (C=O) groups is 1. The number of amides is 1. The Kier molecular flexibility index (Phi) is 6.14. The molecule has 0 fully saturated rings. The van der Waals surface area contributed by atoms with Crippen molar-refractivity contribution < 1.29 is 9.72 Å². The molecule has 0 aliphatic heterocycles. The van der Waals surface area contributed by atoms with Gasteiger partial charge < -0.3 is 5.32 Å². The highest BCUT2D eigenvalue weighted by Crippen LogP contribution is 2.28. The molecule has 0 radical (unpaired) electrons. The molecule has 0 saturated heterocycles. The fraction of sp³-hybridized carbons (Fsp3) is 0.211. The Labute approximate surface area is 174 Å². The van der Waals surface area contributed by atoms with E-state index in [1.165, 1.54) is 34.1 Å². The normalized spacial score (nSPS) is 10.8. The number of allylic oxidation sites excluding steroid dienone is 1.